The topological polar surface area (TPSA) is 116 Å². The monoisotopic (exact) mass is 307 g/mol. The van der Waals surface area contributed by atoms with Gasteiger partial charge in [0, 0.05) is 19.2 Å². The summed E-state index contributed by atoms with van der Waals surface area (Å²) < 4.78 is 5.30. The van der Waals surface area contributed by atoms with Crippen LogP contribution in [-0.2, 0) is 9.59 Å². The van der Waals surface area contributed by atoms with Gasteiger partial charge in [0.05, 0.1) is 16.9 Å². The third kappa shape index (κ3) is 3.94. The van der Waals surface area contributed by atoms with Crippen LogP contribution in [0.25, 0.3) is 0 Å². The molecule has 0 aliphatic carbocycles. The van der Waals surface area contributed by atoms with Gasteiger partial charge < -0.3 is 15.4 Å². The van der Waals surface area contributed by atoms with Crippen LogP contribution in [-0.4, -0.2) is 41.3 Å². The van der Waals surface area contributed by atoms with Gasteiger partial charge >= 0.3 is 0 Å². The number of hydrogen-bond donors (Lipinski definition) is 1. The van der Waals surface area contributed by atoms with Gasteiger partial charge in [-0.2, -0.15) is 0 Å². The number of piperidine rings is 1. The summed E-state index contributed by atoms with van der Waals surface area (Å²) in [6.07, 6.45) is 1.40. The molecular weight excluding hydrogens is 290 g/mol. The van der Waals surface area contributed by atoms with E-state index in [2.05, 4.69) is 0 Å². The molecule has 0 spiro atoms. The van der Waals surface area contributed by atoms with E-state index in [1.807, 2.05) is 0 Å². The van der Waals surface area contributed by atoms with Gasteiger partial charge in [-0.15, -0.1) is 0 Å². The van der Waals surface area contributed by atoms with E-state index in [1.165, 1.54) is 23.1 Å². The molecule has 2 rings (SSSR count). The molecular formula is C14H17N3O5. The predicted molar refractivity (Wildman–Crippen MR) is 77.1 cm³/mol. The normalized spacial score (nSPS) is 17.8. The van der Waals surface area contributed by atoms with Crippen LogP contribution in [0.5, 0.6) is 5.75 Å². The van der Waals surface area contributed by atoms with Crippen molar-refractivity contribution in [3.63, 3.8) is 0 Å². The summed E-state index contributed by atoms with van der Waals surface area (Å²) in [5, 5.41) is 10.7. The molecule has 0 aromatic heterocycles. The SMILES string of the molecule is NC(=O)[C@@H]1CCCN(C(=O)COc2cccc([N+](=O)[O-])c2)C1. The first-order valence-corrected chi connectivity index (χ1v) is 6.91. The molecule has 2 N–H and O–H groups in total. The number of nitro groups is 1. The van der Waals surface area contributed by atoms with Crippen molar-refractivity contribution in [3.05, 3.63) is 34.4 Å². The number of nitro benzene ring substituents is 1. The molecule has 0 saturated carbocycles. The molecule has 1 fully saturated rings. The lowest BCUT2D eigenvalue weighted by Crippen LogP contribution is -2.45. The number of ether oxygens (including phenoxy) is 1. The maximum atomic E-state index is 12.1. The van der Waals surface area contributed by atoms with E-state index in [9.17, 15) is 19.7 Å². The summed E-state index contributed by atoms with van der Waals surface area (Å²) in [5.41, 5.74) is 5.17. The number of nitrogens with two attached hydrogens (primary N) is 1. The van der Waals surface area contributed by atoms with E-state index in [-0.39, 0.29) is 29.9 Å². The zero-order valence-electron chi connectivity index (χ0n) is 11.9. The van der Waals surface area contributed by atoms with E-state index in [0.29, 0.717) is 19.5 Å². The molecule has 1 aromatic rings. The molecule has 0 unspecified atom stereocenters. The predicted octanol–water partition coefficient (Wildman–Crippen LogP) is 0.697. The Morgan fingerprint density at radius 2 is 2.23 bits per heavy atom. The number of carbonyl (C=O) groups excluding carboxylic acids is 2. The van der Waals surface area contributed by atoms with E-state index in [1.54, 1.807) is 6.07 Å². The number of benzene rings is 1. The van der Waals surface area contributed by atoms with Crippen LogP contribution < -0.4 is 10.5 Å². The molecule has 0 radical (unpaired) electrons. The minimum absolute atomic E-state index is 0.100. The second-order valence-electron chi connectivity index (χ2n) is 5.12. The highest BCUT2D eigenvalue weighted by Crippen LogP contribution is 2.20. The van der Waals surface area contributed by atoms with Crippen molar-refractivity contribution in [3.8, 4) is 5.75 Å². The Hall–Kier alpha value is -2.64. The molecule has 118 valence electrons. The van der Waals surface area contributed by atoms with Crippen molar-refractivity contribution >= 4 is 17.5 Å². The van der Waals surface area contributed by atoms with E-state index < -0.39 is 10.8 Å². The summed E-state index contributed by atoms with van der Waals surface area (Å²) in [5.74, 6) is -0.740. The lowest BCUT2D eigenvalue weighted by atomic mass is 9.97. The molecule has 1 atom stereocenters. The number of nitrogens with zero attached hydrogens (tertiary/aromatic N) is 2. The number of hydrogen-bond acceptors (Lipinski definition) is 5. The van der Waals surface area contributed by atoms with Crippen LogP contribution in [0.2, 0.25) is 0 Å². The highest BCUT2D eigenvalue weighted by Gasteiger charge is 2.27. The fourth-order valence-corrected chi connectivity index (χ4v) is 2.36. The molecule has 1 aromatic carbocycles. The van der Waals surface area contributed by atoms with Crippen LogP contribution in [0.4, 0.5) is 5.69 Å². The molecule has 1 aliphatic heterocycles. The number of non-ortho nitro benzene ring substituents is 1. The summed E-state index contributed by atoms with van der Waals surface area (Å²) in [4.78, 5) is 34.9. The standard InChI is InChI=1S/C14H17N3O5/c15-14(19)10-3-2-6-16(8-10)13(18)9-22-12-5-1-4-11(7-12)17(20)21/h1,4-5,7,10H,2-3,6,8-9H2,(H2,15,19)/t10-/m1/s1. The first kappa shape index (κ1) is 15.7. The second-order valence-corrected chi connectivity index (χ2v) is 5.12. The van der Waals surface area contributed by atoms with Crippen LogP contribution in [0.3, 0.4) is 0 Å². The Morgan fingerprint density at radius 1 is 1.45 bits per heavy atom. The van der Waals surface area contributed by atoms with Gasteiger partial charge in [0.25, 0.3) is 11.6 Å². The zero-order chi connectivity index (χ0) is 16.1. The first-order valence-electron chi connectivity index (χ1n) is 6.91. The van der Waals surface area contributed by atoms with Gasteiger partial charge in [-0.1, -0.05) is 6.07 Å². The fraction of sp³-hybridized carbons (Fsp3) is 0.429. The van der Waals surface area contributed by atoms with Crippen molar-refractivity contribution in [2.45, 2.75) is 12.8 Å². The van der Waals surface area contributed by atoms with Crippen LogP contribution in [0, 0.1) is 16.0 Å². The van der Waals surface area contributed by atoms with Gasteiger partial charge in [0.2, 0.25) is 5.91 Å². The van der Waals surface area contributed by atoms with Crippen molar-refractivity contribution in [2.24, 2.45) is 11.7 Å². The Bertz CT molecular complexity index is 590. The van der Waals surface area contributed by atoms with Crippen molar-refractivity contribution in [1.82, 2.24) is 4.90 Å². The van der Waals surface area contributed by atoms with Crippen molar-refractivity contribution in [1.29, 1.82) is 0 Å². The third-order valence-electron chi connectivity index (χ3n) is 3.57. The number of rotatable bonds is 5. The van der Waals surface area contributed by atoms with Crippen LogP contribution in [0.15, 0.2) is 24.3 Å². The zero-order valence-corrected chi connectivity index (χ0v) is 11.9. The maximum Gasteiger partial charge on any atom is 0.273 e. The number of carbonyl (C=O) groups is 2. The molecule has 1 aliphatic rings. The maximum absolute atomic E-state index is 12.1. The van der Waals surface area contributed by atoms with E-state index in [0.717, 1.165) is 6.42 Å². The number of likely N-dealkylation sites (tertiary alicyclic amines) is 1. The first-order chi connectivity index (χ1) is 10.5. The Labute approximate surface area is 127 Å². The van der Waals surface area contributed by atoms with Gasteiger partial charge in [-0.05, 0) is 18.9 Å². The minimum Gasteiger partial charge on any atom is -0.484 e. The largest absolute Gasteiger partial charge is 0.484 e. The molecule has 1 heterocycles. The smallest absolute Gasteiger partial charge is 0.273 e. The molecule has 1 saturated heterocycles. The summed E-state index contributed by atoms with van der Waals surface area (Å²) in [7, 11) is 0. The lowest BCUT2D eigenvalue weighted by Gasteiger charge is -2.31. The van der Waals surface area contributed by atoms with Gasteiger partial charge in [-0.3, -0.25) is 19.7 Å². The van der Waals surface area contributed by atoms with Gasteiger partial charge in [0.1, 0.15) is 5.75 Å². The molecule has 8 nitrogen and oxygen atoms in total. The van der Waals surface area contributed by atoms with Crippen LogP contribution >= 0.6 is 0 Å². The summed E-state index contributed by atoms with van der Waals surface area (Å²) in [6, 6.07) is 5.64. The number of amides is 2. The van der Waals surface area contributed by atoms with Gasteiger partial charge in [0.15, 0.2) is 6.61 Å². The molecule has 22 heavy (non-hydrogen) atoms. The minimum atomic E-state index is -0.531. The molecule has 2 amide bonds. The highest BCUT2D eigenvalue weighted by molar-refractivity contribution is 5.81. The van der Waals surface area contributed by atoms with E-state index >= 15 is 0 Å². The summed E-state index contributed by atoms with van der Waals surface area (Å²) >= 11 is 0. The number of primary amides is 1. The molecule has 0 bridgehead atoms. The third-order valence-corrected chi connectivity index (χ3v) is 3.57. The lowest BCUT2D eigenvalue weighted by molar-refractivity contribution is -0.384. The quantitative estimate of drug-likeness (QED) is 0.635. The fourth-order valence-electron chi connectivity index (χ4n) is 2.36. The molecule has 8 heteroatoms. The van der Waals surface area contributed by atoms with Crippen molar-refractivity contribution < 1.29 is 19.2 Å². The van der Waals surface area contributed by atoms with Crippen molar-refractivity contribution in [2.75, 3.05) is 19.7 Å². The Kier molecular flexibility index (Phi) is 4.92. The van der Waals surface area contributed by atoms with E-state index in [4.69, 9.17) is 10.5 Å². The van der Waals surface area contributed by atoms with Gasteiger partial charge in [-0.25, -0.2) is 0 Å². The Balaban J connectivity index is 1.91. The summed E-state index contributed by atoms with van der Waals surface area (Å²) in [6.45, 7) is 0.625. The average Bonchev–Trinajstić information content (AvgIpc) is 2.53. The average molecular weight is 307 g/mol. The second kappa shape index (κ2) is 6.88. The highest BCUT2D eigenvalue weighted by atomic mass is 16.6. The van der Waals surface area contributed by atoms with Crippen LogP contribution in [0.1, 0.15) is 12.8 Å². The Morgan fingerprint density at radius 3 is 2.91 bits per heavy atom.